The van der Waals surface area contributed by atoms with Crippen molar-refractivity contribution in [3.63, 3.8) is 0 Å². The fourth-order valence-electron chi connectivity index (χ4n) is 3.48. The number of phenolic OH excluding ortho intramolecular Hbond substituents is 1. The standard InChI is InChI=1S/C19H14O7/c1-22-14-6-15-19(26-8-25-15)18(21)16(14)11-7-24-13-5-12-9(2-3-23-12)4-10(13)17(11)20/h2-6,11,21H,7-8H2,1H3. The Bertz CT molecular complexity index is 1050. The van der Waals surface area contributed by atoms with Crippen LogP contribution in [0.5, 0.6) is 28.7 Å². The molecule has 7 nitrogen and oxygen atoms in total. The van der Waals surface area contributed by atoms with Gasteiger partial charge in [0.2, 0.25) is 12.5 Å². The van der Waals surface area contributed by atoms with Crippen molar-refractivity contribution in [2.24, 2.45) is 0 Å². The van der Waals surface area contributed by atoms with Gasteiger partial charge in [0.05, 0.1) is 30.4 Å². The molecule has 2 aliphatic rings. The van der Waals surface area contributed by atoms with Gasteiger partial charge >= 0.3 is 0 Å². The van der Waals surface area contributed by atoms with Crippen molar-refractivity contribution in [2.75, 3.05) is 20.5 Å². The first-order valence-corrected chi connectivity index (χ1v) is 8.05. The molecule has 0 radical (unpaired) electrons. The minimum atomic E-state index is -0.726. The average Bonchev–Trinajstić information content (AvgIpc) is 3.30. The molecule has 1 N–H and O–H groups in total. The summed E-state index contributed by atoms with van der Waals surface area (Å²) in [5.74, 6) is 0.358. The van der Waals surface area contributed by atoms with Gasteiger partial charge in [-0.1, -0.05) is 0 Å². The highest BCUT2D eigenvalue weighted by Crippen LogP contribution is 2.51. The summed E-state index contributed by atoms with van der Waals surface area (Å²) in [6, 6.07) is 6.83. The predicted molar refractivity (Wildman–Crippen MR) is 89.6 cm³/mol. The van der Waals surface area contributed by atoms with E-state index in [1.165, 1.54) is 7.11 Å². The summed E-state index contributed by atoms with van der Waals surface area (Å²) in [4.78, 5) is 13.2. The first kappa shape index (κ1) is 14.9. The molecule has 7 heteroatoms. The molecule has 0 aliphatic carbocycles. The third-order valence-corrected chi connectivity index (χ3v) is 4.75. The summed E-state index contributed by atoms with van der Waals surface area (Å²) in [5, 5.41) is 11.5. The molecule has 1 atom stereocenters. The van der Waals surface area contributed by atoms with Crippen molar-refractivity contribution < 1.29 is 33.3 Å². The summed E-state index contributed by atoms with van der Waals surface area (Å²) in [6.45, 7) is 0.0769. The van der Waals surface area contributed by atoms with Gasteiger partial charge in [0.15, 0.2) is 17.3 Å². The zero-order valence-electron chi connectivity index (χ0n) is 13.8. The highest BCUT2D eigenvalue weighted by atomic mass is 16.7. The first-order valence-electron chi connectivity index (χ1n) is 8.05. The number of furan rings is 1. The van der Waals surface area contributed by atoms with Gasteiger partial charge in [-0.15, -0.1) is 0 Å². The van der Waals surface area contributed by atoms with Crippen LogP contribution >= 0.6 is 0 Å². The van der Waals surface area contributed by atoms with E-state index in [0.717, 1.165) is 5.39 Å². The third kappa shape index (κ3) is 1.97. The number of ketones is 1. The highest BCUT2D eigenvalue weighted by molar-refractivity contribution is 6.07. The molecule has 0 spiro atoms. The SMILES string of the molecule is COc1cc2c(c(O)c1C1COc3cc4occc4cc3C1=O)OCO2. The van der Waals surface area contributed by atoms with Crippen molar-refractivity contribution in [2.45, 2.75) is 5.92 Å². The van der Waals surface area contributed by atoms with Crippen LogP contribution in [0.1, 0.15) is 21.8 Å². The number of carbonyl (C=O) groups is 1. The lowest BCUT2D eigenvalue weighted by molar-refractivity contribution is 0.0892. The number of Topliss-reactive ketones (excluding diaryl/α,β-unsaturated/α-hetero) is 1. The Balaban J connectivity index is 1.65. The summed E-state index contributed by atoms with van der Waals surface area (Å²) >= 11 is 0. The van der Waals surface area contributed by atoms with Crippen LogP contribution in [0.15, 0.2) is 34.9 Å². The van der Waals surface area contributed by atoms with E-state index in [1.807, 2.05) is 0 Å². The van der Waals surface area contributed by atoms with Crippen LogP contribution in [0.25, 0.3) is 11.0 Å². The molecular formula is C19H14O7. The Morgan fingerprint density at radius 1 is 1.15 bits per heavy atom. The number of hydrogen-bond acceptors (Lipinski definition) is 7. The lowest BCUT2D eigenvalue weighted by Crippen LogP contribution is -2.26. The molecule has 1 unspecified atom stereocenters. The summed E-state index contributed by atoms with van der Waals surface area (Å²) < 4.78 is 27.1. The van der Waals surface area contributed by atoms with E-state index in [2.05, 4.69) is 0 Å². The van der Waals surface area contributed by atoms with Crippen molar-refractivity contribution in [1.82, 2.24) is 0 Å². The van der Waals surface area contributed by atoms with Crippen LogP contribution in [-0.4, -0.2) is 31.4 Å². The van der Waals surface area contributed by atoms with E-state index >= 15 is 0 Å². The molecule has 3 aromatic rings. The summed E-state index contributed by atoms with van der Waals surface area (Å²) in [5.41, 5.74) is 1.42. The topological polar surface area (TPSA) is 87.4 Å². The van der Waals surface area contributed by atoms with E-state index in [9.17, 15) is 9.90 Å². The fourth-order valence-corrected chi connectivity index (χ4v) is 3.48. The average molecular weight is 354 g/mol. The molecule has 3 heterocycles. The number of methoxy groups -OCH3 is 1. The second-order valence-electron chi connectivity index (χ2n) is 6.11. The molecule has 0 saturated heterocycles. The monoisotopic (exact) mass is 354 g/mol. The van der Waals surface area contributed by atoms with Gasteiger partial charge in [-0.25, -0.2) is 0 Å². The van der Waals surface area contributed by atoms with Crippen LogP contribution in [-0.2, 0) is 0 Å². The van der Waals surface area contributed by atoms with Crippen LogP contribution in [0.2, 0.25) is 0 Å². The lowest BCUT2D eigenvalue weighted by Gasteiger charge is -2.26. The Kier molecular flexibility index (Phi) is 3.06. The molecular weight excluding hydrogens is 340 g/mol. The number of ether oxygens (including phenoxy) is 4. The lowest BCUT2D eigenvalue weighted by atomic mass is 9.87. The molecule has 5 rings (SSSR count). The second kappa shape index (κ2) is 5.32. The molecule has 132 valence electrons. The Hall–Kier alpha value is -3.35. The smallest absolute Gasteiger partial charge is 0.231 e. The molecule has 0 bridgehead atoms. The molecule has 0 saturated carbocycles. The van der Waals surface area contributed by atoms with E-state index in [-0.39, 0.29) is 30.7 Å². The Morgan fingerprint density at radius 3 is 2.88 bits per heavy atom. The number of hydrogen-bond donors (Lipinski definition) is 1. The van der Waals surface area contributed by atoms with Crippen LogP contribution < -0.4 is 18.9 Å². The van der Waals surface area contributed by atoms with Crippen molar-refractivity contribution in [3.8, 4) is 28.7 Å². The molecule has 26 heavy (non-hydrogen) atoms. The number of phenols is 1. The van der Waals surface area contributed by atoms with Crippen LogP contribution in [0, 0.1) is 0 Å². The quantitative estimate of drug-likeness (QED) is 0.756. The van der Waals surface area contributed by atoms with Gasteiger partial charge in [0.25, 0.3) is 0 Å². The maximum atomic E-state index is 13.2. The van der Waals surface area contributed by atoms with Gasteiger partial charge in [-0.3, -0.25) is 4.79 Å². The fraction of sp³-hybridized carbons (Fsp3) is 0.211. The number of benzene rings is 2. The predicted octanol–water partition coefficient (Wildman–Crippen LogP) is 3.23. The van der Waals surface area contributed by atoms with E-state index in [0.29, 0.717) is 34.0 Å². The summed E-state index contributed by atoms with van der Waals surface area (Å²) in [7, 11) is 1.47. The normalized spacial score (nSPS) is 17.9. The minimum absolute atomic E-state index is 0.00587. The zero-order chi connectivity index (χ0) is 17.8. The first-order chi connectivity index (χ1) is 12.7. The van der Waals surface area contributed by atoms with E-state index in [1.54, 1.807) is 30.5 Å². The van der Waals surface area contributed by atoms with Gasteiger partial charge in [-0.2, -0.15) is 0 Å². The van der Waals surface area contributed by atoms with Gasteiger partial charge in [0, 0.05) is 17.5 Å². The Labute approximate surface area is 147 Å². The maximum Gasteiger partial charge on any atom is 0.231 e. The van der Waals surface area contributed by atoms with Crippen LogP contribution in [0.3, 0.4) is 0 Å². The summed E-state index contributed by atoms with van der Waals surface area (Å²) in [6.07, 6.45) is 1.56. The maximum absolute atomic E-state index is 13.2. The van der Waals surface area contributed by atoms with Crippen molar-refractivity contribution in [1.29, 1.82) is 0 Å². The molecule has 2 aliphatic heterocycles. The number of carbonyl (C=O) groups excluding carboxylic acids is 1. The van der Waals surface area contributed by atoms with Crippen molar-refractivity contribution >= 4 is 16.8 Å². The number of aromatic hydroxyl groups is 1. The highest BCUT2D eigenvalue weighted by Gasteiger charge is 2.37. The third-order valence-electron chi connectivity index (χ3n) is 4.75. The second-order valence-corrected chi connectivity index (χ2v) is 6.11. The number of fused-ring (bicyclic) bond motifs is 3. The van der Waals surface area contributed by atoms with Crippen molar-refractivity contribution in [3.05, 3.63) is 41.7 Å². The minimum Gasteiger partial charge on any atom is -0.504 e. The van der Waals surface area contributed by atoms with E-state index in [4.69, 9.17) is 23.4 Å². The van der Waals surface area contributed by atoms with Gasteiger partial charge in [0.1, 0.15) is 23.7 Å². The van der Waals surface area contributed by atoms with Crippen LogP contribution in [0.4, 0.5) is 0 Å². The molecule has 1 aromatic heterocycles. The largest absolute Gasteiger partial charge is 0.504 e. The van der Waals surface area contributed by atoms with Gasteiger partial charge in [-0.05, 0) is 12.1 Å². The number of rotatable bonds is 2. The molecule has 0 amide bonds. The van der Waals surface area contributed by atoms with Gasteiger partial charge < -0.3 is 28.5 Å². The zero-order valence-corrected chi connectivity index (χ0v) is 13.8. The van der Waals surface area contributed by atoms with E-state index < -0.39 is 5.92 Å². The Morgan fingerprint density at radius 2 is 2.04 bits per heavy atom. The molecule has 2 aromatic carbocycles. The molecule has 0 fully saturated rings.